The molecular weight excluding hydrogens is 450 g/mol. The molecule has 0 bridgehead atoms. The summed E-state index contributed by atoms with van der Waals surface area (Å²) >= 11 is 7.30. The van der Waals surface area contributed by atoms with Gasteiger partial charge in [-0.15, -0.1) is 21.5 Å². The van der Waals surface area contributed by atoms with E-state index in [4.69, 9.17) is 16.3 Å². The van der Waals surface area contributed by atoms with Crippen LogP contribution in [-0.2, 0) is 16.8 Å². The van der Waals surface area contributed by atoms with Crippen LogP contribution in [0.3, 0.4) is 0 Å². The number of carbonyl (C=O) groups is 2. The summed E-state index contributed by atoms with van der Waals surface area (Å²) in [6.45, 7) is 7.93. The van der Waals surface area contributed by atoms with Crippen LogP contribution in [0.5, 0.6) is 0 Å². The molecule has 0 fully saturated rings. The molecule has 1 atom stereocenters. The predicted molar refractivity (Wildman–Crippen MR) is 124 cm³/mol. The SMILES string of the molecule is CC(NC(=O)OCc1ccccc1)c1ncc(C(=O)Nc2cc(C(C)(C)C)c(Cl)nn2)s1. The summed E-state index contributed by atoms with van der Waals surface area (Å²) in [6.07, 6.45) is 0.894. The third kappa shape index (κ3) is 6.24. The molecule has 2 aromatic heterocycles. The topological polar surface area (TPSA) is 106 Å². The molecule has 0 saturated heterocycles. The lowest BCUT2D eigenvalue weighted by molar-refractivity contribution is 0.102. The van der Waals surface area contributed by atoms with Gasteiger partial charge in [0.25, 0.3) is 5.91 Å². The maximum Gasteiger partial charge on any atom is 0.408 e. The first-order valence-corrected chi connectivity index (χ1v) is 11.1. The second-order valence-electron chi connectivity index (χ2n) is 8.13. The number of anilines is 1. The number of ether oxygens (including phenoxy) is 1. The summed E-state index contributed by atoms with van der Waals surface area (Å²) in [4.78, 5) is 29.3. The summed E-state index contributed by atoms with van der Waals surface area (Å²) < 4.78 is 5.22. The smallest absolute Gasteiger partial charge is 0.408 e. The predicted octanol–water partition coefficient (Wildman–Crippen LogP) is 5.12. The fraction of sp³-hybridized carbons (Fsp3) is 0.318. The minimum Gasteiger partial charge on any atom is -0.445 e. The third-order valence-corrected chi connectivity index (χ3v) is 5.92. The molecule has 8 nitrogen and oxygen atoms in total. The molecule has 10 heteroatoms. The average molecular weight is 474 g/mol. The molecule has 3 aromatic rings. The number of carbonyl (C=O) groups excluding carboxylic acids is 2. The summed E-state index contributed by atoms with van der Waals surface area (Å²) in [5.74, 6) is -0.0703. The van der Waals surface area contributed by atoms with Gasteiger partial charge in [-0.1, -0.05) is 62.7 Å². The number of nitrogens with one attached hydrogen (secondary N) is 2. The van der Waals surface area contributed by atoms with Crippen molar-refractivity contribution in [3.8, 4) is 0 Å². The molecule has 0 aliphatic rings. The number of alkyl carbamates (subject to hydrolysis) is 1. The van der Waals surface area contributed by atoms with Crippen molar-refractivity contribution in [2.24, 2.45) is 0 Å². The monoisotopic (exact) mass is 473 g/mol. The number of aromatic nitrogens is 3. The van der Waals surface area contributed by atoms with Crippen LogP contribution in [0.4, 0.5) is 10.6 Å². The van der Waals surface area contributed by atoms with Crippen molar-refractivity contribution in [2.75, 3.05) is 5.32 Å². The Kier molecular flexibility index (Phi) is 7.42. The van der Waals surface area contributed by atoms with E-state index in [0.717, 1.165) is 11.1 Å². The zero-order valence-electron chi connectivity index (χ0n) is 18.2. The Hall–Kier alpha value is -3.04. The summed E-state index contributed by atoms with van der Waals surface area (Å²) in [5.41, 5.74) is 1.42. The molecule has 0 radical (unpaired) electrons. The highest BCUT2D eigenvalue weighted by Gasteiger charge is 2.21. The molecule has 2 N–H and O–H groups in total. The first kappa shape index (κ1) is 23.6. The number of halogens is 1. The van der Waals surface area contributed by atoms with Gasteiger partial charge >= 0.3 is 6.09 Å². The second kappa shape index (κ2) is 10.1. The van der Waals surface area contributed by atoms with Crippen molar-refractivity contribution >= 4 is 40.8 Å². The molecule has 32 heavy (non-hydrogen) atoms. The fourth-order valence-electron chi connectivity index (χ4n) is 2.74. The van der Waals surface area contributed by atoms with Crippen LogP contribution in [0.2, 0.25) is 5.15 Å². The van der Waals surface area contributed by atoms with Gasteiger partial charge < -0.3 is 15.4 Å². The number of hydrogen-bond acceptors (Lipinski definition) is 7. The van der Waals surface area contributed by atoms with Crippen molar-refractivity contribution in [1.82, 2.24) is 20.5 Å². The normalized spacial score (nSPS) is 12.2. The molecule has 3 rings (SSSR count). The molecule has 2 amide bonds. The summed E-state index contributed by atoms with van der Waals surface area (Å²) in [5, 5.41) is 14.2. The van der Waals surface area contributed by atoms with Crippen LogP contribution in [0.15, 0.2) is 42.6 Å². The van der Waals surface area contributed by atoms with Gasteiger partial charge in [-0.25, -0.2) is 9.78 Å². The van der Waals surface area contributed by atoms with Crippen LogP contribution in [0.25, 0.3) is 0 Å². The lowest BCUT2D eigenvalue weighted by Crippen LogP contribution is -2.27. The maximum absolute atomic E-state index is 12.6. The third-order valence-electron chi connectivity index (χ3n) is 4.46. The van der Waals surface area contributed by atoms with Gasteiger partial charge in [0.1, 0.15) is 16.5 Å². The van der Waals surface area contributed by atoms with E-state index in [9.17, 15) is 9.59 Å². The first-order valence-electron chi connectivity index (χ1n) is 9.91. The number of hydrogen-bond donors (Lipinski definition) is 2. The fourth-order valence-corrected chi connectivity index (χ4v) is 3.93. The molecule has 0 saturated carbocycles. The van der Waals surface area contributed by atoms with E-state index in [1.54, 1.807) is 13.0 Å². The molecule has 168 valence electrons. The zero-order chi connectivity index (χ0) is 23.3. The van der Waals surface area contributed by atoms with Gasteiger partial charge in [0, 0.05) is 5.56 Å². The zero-order valence-corrected chi connectivity index (χ0v) is 19.8. The lowest BCUT2D eigenvalue weighted by Gasteiger charge is -2.20. The molecule has 0 aliphatic carbocycles. The minimum atomic E-state index is -0.561. The van der Waals surface area contributed by atoms with E-state index < -0.39 is 12.1 Å². The Morgan fingerprint density at radius 1 is 1.19 bits per heavy atom. The second-order valence-corrected chi connectivity index (χ2v) is 9.55. The highest BCUT2D eigenvalue weighted by atomic mass is 35.5. The standard InChI is InChI=1S/C22H24ClN5O3S/c1-13(25-21(30)31-12-14-8-6-5-7-9-14)20-24-11-16(32-20)19(29)26-17-10-15(22(2,3)4)18(23)28-27-17/h5-11,13H,12H2,1-4H3,(H,25,30)(H,26,27,29). The van der Waals surface area contributed by atoms with E-state index in [2.05, 4.69) is 25.8 Å². The molecule has 1 unspecified atom stereocenters. The Labute approximate surface area is 195 Å². The highest BCUT2D eigenvalue weighted by molar-refractivity contribution is 7.13. The molecule has 1 aromatic carbocycles. The molecule has 2 heterocycles. The Morgan fingerprint density at radius 3 is 2.59 bits per heavy atom. The maximum atomic E-state index is 12.6. The van der Waals surface area contributed by atoms with Crippen molar-refractivity contribution < 1.29 is 14.3 Å². The van der Waals surface area contributed by atoms with Gasteiger partial charge in [0.05, 0.1) is 12.2 Å². The van der Waals surface area contributed by atoms with Gasteiger partial charge in [-0.3, -0.25) is 4.79 Å². The number of amides is 2. The van der Waals surface area contributed by atoms with E-state index in [0.29, 0.717) is 20.9 Å². The number of nitrogens with zero attached hydrogens (tertiary/aromatic N) is 3. The van der Waals surface area contributed by atoms with Crippen LogP contribution in [0.1, 0.15) is 59.5 Å². The summed E-state index contributed by atoms with van der Waals surface area (Å²) in [7, 11) is 0. The van der Waals surface area contributed by atoms with Crippen LogP contribution in [-0.4, -0.2) is 27.2 Å². The van der Waals surface area contributed by atoms with Crippen LogP contribution < -0.4 is 10.6 Å². The lowest BCUT2D eigenvalue weighted by atomic mass is 9.88. The van der Waals surface area contributed by atoms with Gasteiger partial charge in [-0.2, -0.15) is 0 Å². The molecular formula is C22H24ClN5O3S. The van der Waals surface area contributed by atoms with Crippen LogP contribution >= 0.6 is 22.9 Å². The van der Waals surface area contributed by atoms with Gasteiger partial charge in [-0.05, 0) is 24.0 Å². The number of thiazole rings is 1. The van der Waals surface area contributed by atoms with Crippen LogP contribution in [0, 0.1) is 0 Å². The minimum absolute atomic E-state index is 0.170. The molecule has 0 spiro atoms. The largest absolute Gasteiger partial charge is 0.445 e. The Bertz CT molecular complexity index is 1100. The molecule has 0 aliphatic heterocycles. The van der Waals surface area contributed by atoms with Gasteiger partial charge in [0.2, 0.25) is 0 Å². The van der Waals surface area contributed by atoms with Crippen molar-refractivity contribution in [2.45, 2.75) is 45.8 Å². The van der Waals surface area contributed by atoms with E-state index >= 15 is 0 Å². The number of benzene rings is 1. The van der Waals surface area contributed by atoms with Crippen molar-refractivity contribution in [1.29, 1.82) is 0 Å². The van der Waals surface area contributed by atoms with E-state index in [1.165, 1.54) is 17.5 Å². The first-order chi connectivity index (χ1) is 15.1. The van der Waals surface area contributed by atoms with E-state index in [-0.39, 0.29) is 17.9 Å². The van der Waals surface area contributed by atoms with Crippen molar-refractivity contribution in [3.05, 3.63) is 68.8 Å². The average Bonchev–Trinajstić information content (AvgIpc) is 3.24. The Balaban J connectivity index is 1.58. The Morgan fingerprint density at radius 2 is 1.91 bits per heavy atom. The van der Waals surface area contributed by atoms with Gasteiger partial charge in [0.15, 0.2) is 11.0 Å². The van der Waals surface area contributed by atoms with E-state index in [1.807, 2.05) is 51.1 Å². The van der Waals surface area contributed by atoms with Crippen molar-refractivity contribution in [3.63, 3.8) is 0 Å². The highest BCUT2D eigenvalue weighted by Crippen LogP contribution is 2.29. The number of rotatable bonds is 6. The summed E-state index contributed by atoms with van der Waals surface area (Å²) in [6, 6.07) is 10.7. The quantitative estimate of drug-likeness (QED) is 0.514.